The van der Waals surface area contributed by atoms with Crippen molar-refractivity contribution in [3.05, 3.63) is 108 Å². The van der Waals surface area contributed by atoms with Crippen molar-refractivity contribution in [2.75, 3.05) is 11.5 Å². The molecule has 0 spiro atoms. The van der Waals surface area contributed by atoms with Gasteiger partial charge in [0.2, 0.25) is 0 Å². The van der Waals surface area contributed by atoms with E-state index in [1.54, 1.807) is 0 Å². The molecule has 0 saturated carbocycles. The number of anilines is 2. The smallest absolute Gasteiger partial charge is 0.150 e. The molecule has 33 heavy (non-hydrogen) atoms. The Labute approximate surface area is 195 Å². The van der Waals surface area contributed by atoms with Gasteiger partial charge in [-0.25, -0.2) is 0 Å². The number of nitrogens with two attached hydrogens (primary N) is 2. The first-order valence-electron chi connectivity index (χ1n) is 11.3. The molecule has 4 aromatic carbocycles. The van der Waals surface area contributed by atoms with Crippen LogP contribution in [-0.2, 0) is 5.41 Å². The number of hydrogen-bond donors (Lipinski definition) is 2. The third-order valence-electron chi connectivity index (χ3n) is 6.03. The lowest BCUT2D eigenvalue weighted by Crippen LogP contribution is -2.23. The van der Waals surface area contributed by atoms with Gasteiger partial charge in [-0.1, -0.05) is 68.8 Å². The van der Waals surface area contributed by atoms with E-state index >= 15 is 0 Å². The second-order valence-corrected chi connectivity index (χ2v) is 8.41. The maximum atomic E-state index is 6.01. The Kier molecular flexibility index (Phi) is 6.55. The second-order valence-electron chi connectivity index (χ2n) is 8.41. The molecule has 0 aliphatic rings. The van der Waals surface area contributed by atoms with Crippen molar-refractivity contribution in [3.8, 4) is 23.0 Å². The minimum atomic E-state index is -0.136. The van der Waals surface area contributed by atoms with Crippen molar-refractivity contribution in [3.63, 3.8) is 0 Å². The Bertz CT molecular complexity index is 1110. The van der Waals surface area contributed by atoms with E-state index in [0.29, 0.717) is 22.9 Å². The molecular weight excluding hydrogens is 408 g/mol. The largest absolute Gasteiger partial charge is 0.455 e. The summed E-state index contributed by atoms with van der Waals surface area (Å²) in [6, 6.07) is 31.6. The number of para-hydroxylation sites is 4. The normalized spacial score (nSPS) is 11.2. The van der Waals surface area contributed by atoms with E-state index in [1.165, 1.54) is 11.1 Å². The van der Waals surface area contributed by atoms with Gasteiger partial charge in [0.25, 0.3) is 0 Å². The highest BCUT2D eigenvalue weighted by Gasteiger charge is 2.28. The first kappa shape index (κ1) is 22.3. The quantitative estimate of drug-likeness (QED) is 0.279. The summed E-state index contributed by atoms with van der Waals surface area (Å²) in [6.07, 6.45) is 2.08. The van der Waals surface area contributed by atoms with Crippen LogP contribution < -0.4 is 20.9 Å². The predicted octanol–water partition coefficient (Wildman–Crippen LogP) is 7.54. The van der Waals surface area contributed by atoms with Crippen molar-refractivity contribution in [2.45, 2.75) is 32.1 Å². The fraction of sp³-hybridized carbons (Fsp3) is 0.172. The van der Waals surface area contributed by atoms with Crippen molar-refractivity contribution in [1.82, 2.24) is 0 Å². The summed E-state index contributed by atoms with van der Waals surface area (Å²) >= 11 is 0. The van der Waals surface area contributed by atoms with Gasteiger partial charge < -0.3 is 20.9 Å². The molecule has 0 radical (unpaired) electrons. The molecule has 4 heteroatoms. The van der Waals surface area contributed by atoms with Crippen molar-refractivity contribution < 1.29 is 9.47 Å². The van der Waals surface area contributed by atoms with Gasteiger partial charge in [0, 0.05) is 5.41 Å². The monoisotopic (exact) mass is 438 g/mol. The van der Waals surface area contributed by atoms with Gasteiger partial charge in [-0.3, -0.25) is 0 Å². The average molecular weight is 439 g/mol. The van der Waals surface area contributed by atoms with Crippen LogP contribution in [0, 0.1) is 0 Å². The minimum absolute atomic E-state index is 0.136. The van der Waals surface area contributed by atoms with Gasteiger partial charge >= 0.3 is 0 Å². The van der Waals surface area contributed by atoms with Gasteiger partial charge in [-0.2, -0.15) is 0 Å². The highest BCUT2D eigenvalue weighted by atomic mass is 16.5. The summed E-state index contributed by atoms with van der Waals surface area (Å²) in [5.41, 5.74) is 15.6. The fourth-order valence-electron chi connectivity index (χ4n) is 4.14. The number of benzene rings is 4. The van der Waals surface area contributed by atoms with Crippen LogP contribution in [0.5, 0.6) is 23.0 Å². The van der Waals surface area contributed by atoms with Crippen LogP contribution in [0.25, 0.3) is 0 Å². The molecule has 0 saturated heterocycles. The first-order chi connectivity index (χ1) is 16.0. The third-order valence-corrected chi connectivity index (χ3v) is 6.03. The standard InChI is InChI=1S/C29H30N2O2/c1-3-20-29(2,21-12-16-23(17-13-21)32-27-10-6-4-8-25(27)30)22-14-18-24(19-15-22)33-28-11-7-5-9-26(28)31/h4-19H,3,20,30-31H2,1-2H3. The van der Waals surface area contributed by atoms with Crippen molar-refractivity contribution in [2.24, 2.45) is 0 Å². The maximum absolute atomic E-state index is 6.01. The first-order valence-corrected chi connectivity index (χ1v) is 11.3. The topological polar surface area (TPSA) is 70.5 Å². The number of rotatable bonds is 8. The van der Waals surface area contributed by atoms with Gasteiger partial charge in [-0.05, 0) is 66.1 Å². The number of nitrogen functional groups attached to an aromatic ring is 2. The number of hydrogen-bond acceptors (Lipinski definition) is 4. The van der Waals surface area contributed by atoms with E-state index < -0.39 is 0 Å². The lowest BCUT2D eigenvalue weighted by atomic mass is 9.73. The highest BCUT2D eigenvalue weighted by molar-refractivity contribution is 5.55. The molecule has 0 amide bonds. The zero-order valence-electron chi connectivity index (χ0n) is 19.1. The minimum Gasteiger partial charge on any atom is -0.455 e. The SMILES string of the molecule is CCCC(C)(c1ccc(Oc2ccccc2N)cc1)c1ccc(Oc2ccccc2N)cc1. The highest BCUT2D eigenvalue weighted by Crippen LogP contribution is 2.39. The van der Waals surface area contributed by atoms with E-state index in [4.69, 9.17) is 20.9 Å². The lowest BCUT2D eigenvalue weighted by molar-refractivity contribution is 0.478. The summed E-state index contributed by atoms with van der Waals surface area (Å²) in [5, 5.41) is 0. The Morgan fingerprint density at radius 3 is 1.36 bits per heavy atom. The summed E-state index contributed by atoms with van der Waals surface area (Å²) < 4.78 is 11.9. The van der Waals surface area contributed by atoms with Crippen molar-refractivity contribution in [1.29, 1.82) is 0 Å². The molecule has 0 unspecified atom stereocenters. The van der Waals surface area contributed by atoms with E-state index in [1.807, 2.05) is 72.8 Å². The van der Waals surface area contributed by atoms with Crippen LogP contribution >= 0.6 is 0 Å². The van der Waals surface area contributed by atoms with Crippen LogP contribution in [0.4, 0.5) is 11.4 Å². The van der Waals surface area contributed by atoms with Gasteiger partial charge in [0.15, 0.2) is 0 Å². The van der Waals surface area contributed by atoms with E-state index in [9.17, 15) is 0 Å². The summed E-state index contributed by atoms with van der Waals surface area (Å²) in [4.78, 5) is 0. The average Bonchev–Trinajstić information content (AvgIpc) is 2.83. The van der Waals surface area contributed by atoms with E-state index in [0.717, 1.165) is 24.3 Å². The van der Waals surface area contributed by atoms with Crippen molar-refractivity contribution >= 4 is 11.4 Å². The van der Waals surface area contributed by atoms with Crippen LogP contribution in [0.15, 0.2) is 97.1 Å². The molecular formula is C29H30N2O2. The van der Waals surface area contributed by atoms with E-state index in [-0.39, 0.29) is 5.41 Å². The Balaban J connectivity index is 1.56. The zero-order chi connectivity index (χ0) is 23.3. The molecule has 4 nitrogen and oxygen atoms in total. The van der Waals surface area contributed by atoms with E-state index in [2.05, 4.69) is 38.1 Å². The number of ether oxygens (including phenoxy) is 2. The summed E-state index contributed by atoms with van der Waals surface area (Å²) in [5.74, 6) is 2.85. The second kappa shape index (κ2) is 9.70. The molecule has 0 aromatic heterocycles. The maximum Gasteiger partial charge on any atom is 0.150 e. The zero-order valence-corrected chi connectivity index (χ0v) is 19.1. The molecule has 0 aliphatic heterocycles. The Morgan fingerprint density at radius 1 is 0.606 bits per heavy atom. The summed E-state index contributed by atoms with van der Waals surface area (Å²) in [7, 11) is 0. The molecule has 0 bridgehead atoms. The van der Waals surface area contributed by atoms with Gasteiger partial charge in [0.1, 0.15) is 23.0 Å². The summed E-state index contributed by atoms with van der Waals surface area (Å²) in [6.45, 7) is 4.50. The van der Waals surface area contributed by atoms with Gasteiger partial charge in [0.05, 0.1) is 11.4 Å². The molecule has 168 valence electrons. The third kappa shape index (κ3) is 4.96. The van der Waals surface area contributed by atoms with Crippen LogP contribution in [0.1, 0.15) is 37.8 Å². The van der Waals surface area contributed by atoms with Gasteiger partial charge in [-0.15, -0.1) is 0 Å². The molecule has 0 atom stereocenters. The fourth-order valence-corrected chi connectivity index (χ4v) is 4.14. The Morgan fingerprint density at radius 2 is 1.00 bits per heavy atom. The molecule has 0 aliphatic carbocycles. The lowest BCUT2D eigenvalue weighted by Gasteiger charge is -2.31. The molecule has 0 heterocycles. The van der Waals surface area contributed by atoms with Crippen LogP contribution in [0.2, 0.25) is 0 Å². The molecule has 4 N–H and O–H groups in total. The molecule has 4 rings (SSSR count). The Hall–Kier alpha value is -3.92. The molecule has 4 aromatic rings. The van der Waals surface area contributed by atoms with Crippen LogP contribution in [0.3, 0.4) is 0 Å². The van der Waals surface area contributed by atoms with Crippen LogP contribution in [-0.4, -0.2) is 0 Å². The molecule has 0 fully saturated rings. The predicted molar refractivity (Wildman–Crippen MR) is 136 cm³/mol.